The van der Waals surface area contributed by atoms with Crippen LogP contribution >= 0.6 is 23.2 Å². The van der Waals surface area contributed by atoms with E-state index in [4.69, 9.17) is 38.3 Å². The van der Waals surface area contributed by atoms with E-state index >= 15 is 0 Å². The molecule has 1 saturated heterocycles. The molecule has 5 aliphatic rings. The predicted octanol–water partition coefficient (Wildman–Crippen LogP) is 5.61. The van der Waals surface area contributed by atoms with Crippen molar-refractivity contribution < 1.29 is 27.9 Å². The Morgan fingerprint density at radius 3 is 2.16 bits per heavy atom. The molecule has 4 N–H and O–H groups in total. The number of carbonyl (C=O) groups is 3. The maximum atomic E-state index is 13.9. The molecule has 4 aromatic rings. The molecule has 0 atom stereocenters. The molecule has 2 saturated carbocycles. The van der Waals surface area contributed by atoms with Gasteiger partial charge in [-0.15, -0.1) is 0 Å². The SMILES string of the molecule is Cn1c(C(=O)Cc2cccc(-c3cccc(NC(=O)c4nc5c(n4C)CCN(CCC46CCC(C(=O)O)(CC4)C6)C5)c3Cl)c2Cl)nc2c1CCN(C1CCN(S(N)(=O)=O)CC1)C2. The molecule has 15 nitrogen and oxygen atoms in total. The second kappa shape index (κ2) is 16.4. The molecule has 5 heterocycles. The molecule has 330 valence electrons. The number of anilines is 1. The van der Waals surface area contributed by atoms with Gasteiger partial charge in [0, 0.05) is 101 Å². The standard InChI is InChI=1S/C44H53Cl2N9O6S/c1-51-35-12-19-54(28-9-20-55(21-10-28)62(47,60)61)25-33(35)48-39(51)36(56)23-27-5-3-6-29(37(27)45)30-7-4-8-31(38(30)46)50-41(57)40-49-32-24-53(18-11-34(32)52(40)2)22-17-43-13-15-44(26-43,16-14-43)42(58)59/h3-8,28H,9-26H2,1-2H3,(H,50,57)(H,58,59)(H2,47,60,61). The molecule has 0 spiro atoms. The highest BCUT2D eigenvalue weighted by Crippen LogP contribution is 2.63. The summed E-state index contributed by atoms with van der Waals surface area (Å²) in [5.41, 5.74) is 5.64. The van der Waals surface area contributed by atoms with Crippen LogP contribution in [0.2, 0.25) is 10.0 Å². The number of amides is 1. The number of aliphatic carboxylic acids is 1. The molecule has 0 radical (unpaired) electrons. The highest BCUT2D eigenvalue weighted by atomic mass is 35.5. The minimum Gasteiger partial charge on any atom is -0.481 e. The first-order valence-corrected chi connectivity index (χ1v) is 23.8. The fraction of sp³-hybridized carbons (Fsp3) is 0.523. The minimum absolute atomic E-state index is 0.0216. The number of carbonyl (C=O) groups excluding carboxylic acids is 2. The van der Waals surface area contributed by atoms with E-state index in [0.717, 1.165) is 93.8 Å². The molecular weight excluding hydrogens is 854 g/mol. The number of aromatic nitrogens is 4. The van der Waals surface area contributed by atoms with Crippen molar-refractivity contribution in [1.29, 1.82) is 0 Å². The zero-order valence-corrected chi connectivity index (χ0v) is 37.5. The number of fused-ring (bicyclic) bond motifs is 4. The third-order valence-electron chi connectivity index (χ3n) is 14.7. The highest BCUT2D eigenvalue weighted by Gasteiger charge is 2.57. The van der Waals surface area contributed by atoms with Gasteiger partial charge in [0.25, 0.3) is 16.1 Å². The lowest BCUT2D eigenvalue weighted by Crippen LogP contribution is -2.49. The Hall–Kier alpha value is -4.16. The number of carboxylic acid groups (broad SMARTS) is 1. The van der Waals surface area contributed by atoms with Gasteiger partial charge in [-0.1, -0.05) is 53.5 Å². The molecule has 3 aliphatic heterocycles. The smallest absolute Gasteiger partial charge is 0.309 e. The summed E-state index contributed by atoms with van der Waals surface area (Å²) in [6.07, 6.45) is 8.19. The molecule has 2 aromatic carbocycles. The van der Waals surface area contributed by atoms with Gasteiger partial charge in [0.15, 0.2) is 11.6 Å². The van der Waals surface area contributed by atoms with E-state index in [1.807, 2.05) is 47.5 Å². The van der Waals surface area contributed by atoms with E-state index in [9.17, 15) is 27.9 Å². The van der Waals surface area contributed by atoms with Crippen LogP contribution in [-0.4, -0.2) is 103 Å². The van der Waals surface area contributed by atoms with Crippen molar-refractivity contribution in [3.8, 4) is 11.1 Å². The second-order valence-electron chi connectivity index (χ2n) is 18.2. The van der Waals surface area contributed by atoms with Crippen LogP contribution in [-0.2, 0) is 61.5 Å². The van der Waals surface area contributed by atoms with Crippen LogP contribution in [0.4, 0.5) is 5.69 Å². The molecule has 2 aliphatic carbocycles. The lowest BCUT2D eigenvalue weighted by atomic mass is 9.80. The zero-order chi connectivity index (χ0) is 43.7. The number of carboxylic acids is 1. The maximum Gasteiger partial charge on any atom is 0.309 e. The Morgan fingerprint density at radius 1 is 0.855 bits per heavy atom. The second-order valence-corrected chi connectivity index (χ2v) is 20.5. The molecule has 0 unspecified atom stereocenters. The Bertz CT molecular complexity index is 2580. The summed E-state index contributed by atoms with van der Waals surface area (Å²) in [4.78, 5) is 54.0. The third kappa shape index (κ3) is 7.90. The number of nitrogens with one attached hydrogen (secondary N) is 1. The van der Waals surface area contributed by atoms with E-state index in [1.54, 1.807) is 12.1 Å². The van der Waals surface area contributed by atoms with Crippen molar-refractivity contribution in [1.82, 2.24) is 33.2 Å². The van der Waals surface area contributed by atoms with Crippen LogP contribution in [0.3, 0.4) is 0 Å². The van der Waals surface area contributed by atoms with Gasteiger partial charge >= 0.3 is 5.97 Å². The summed E-state index contributed by atoms with van der Waals surface area (Å²) < 4.78 is 28.7. The Labute approximate surface area is 371 Å². The molecule has 18 heteroatoms. The van der Waals surface area contributed by atoms with E-state index in [2.05, 4.69) is 15.1 Å². The molecule has 9 rings (SSSR count). The van der Waals surface area contributed by atoms with E-state index < -0.39 is 21.6 Å². The number of rotatable bonds is 12. The Morgan fingerprint density at radius 2 is 1.48 bits per heavy atom. The molecule has 2 aromatic heterocycles. The first kappa shape index (κ1) is 43.1. The summed E-state index contributed by atoms with van der Waals surface area (Å²) in [6.45, 7) is 4.51. The number of hydrogen-bond donors (Lipinski definition) is 3. The Balaban J connectivity index is 0.847. The maximum absolute atomic E-state index is 13.9. The van der Waals surface area contributed by atoms with Crippen LogP contribution in [0.5, 0.6) is 0 Å². The largest absolute Gasteiger partial charge is 0.481 e. The van der Waals surface area contributed by atoms with Crippen LogP contribution in [0.1, 0.15) is 101 Å². The van der Waals surface area contributed by atoms with Crippen molar-refractivity contribution >= 4 is 56.8 Å². The van der Waals surface area contributed by atoms with Gasteiger partial charge in [0.2, 0.25) is 5.78 Å². The van der Waals surface area contributed by atoms with E-state index in [0.29, 0.717) is 83.1 Å². The number of piperidine rings is 1. The topological polar surface area (TPSA) is 189 Å². The molecule has 2 bridgehead atoms. The number of ketones is 1. The van der Waals surface area contributed by atoms with Crippen LogP contribution in [0.25, 0.3) is 11.1 Å². The first-order chi connectivity index (χ1) is 29.5. The van der Waals surface area contributed by atoms with Crippen molar-refractivity contribution in [3.63, 3.8) is 0 Å². The van der Waals surface area contributed by atoms with Crippen LogP contribution in [0.15, 0.2) is 36.4 Å². The number of benzene rings is 2. The van der Waals surface area contributed by atoms with Crippen molar-refractivity contribution in [2.45, 2.75) is 89.8 Å². The predicted molar refractivity (Wildman–Crippen MR) is 235 cm³/mol. The average Bonchev–Trinajstić information content (AvgIpc) is 4.01. The monoisotopic (exact) mass is 905 g/mol. The fourth-order valence-electron chi connectivity index (χ4n) is 11.1. The number of nitrogens with two attached hydrogens (primary N) is 1. The van der Waals surface area contributed by atoms with E-state index in [1.165, 1.54) is 4.31 Å². The quantitative estimate of drug-likeness (QED) is 0.151. The number of Topliss-reactive ketones (excluding diaryl/α,β-unsaturated/α-hetero) is 1. The summed E-state index contributed by atoms with van der Waals surface area (Å²) >= 11 is 14.1. The average molecular weight is 907 g/mol. The number of nitrogens with zero attached hydrogens (tertiary/aromatic N) is 7. The molecule has 62 heavy (non-hydrogen) atoms. The molecule has 1 amide bonds. The fourth-order valence-corrected chi connectivity index (χ4v) is 12.4. The van der Waals surface area contributed by atoms with Gasteiger partial charge < -0.3 is 19.6 Å². The highest BCUT2D eigenvalue weighted by molar-refractivity contribution is 7.86. The number of imidazole rings is 2. The van der Waals surface area contributed by atoms with Gasteiger partial charge in [-0.25, -0.2) is 15.1 Å². The third-order valence-corrected chi connectivity index (χ3v) is 16.7. The molecular formula is C44H53Cl2N9O6S. The van der Waals surface area contributed by atoms with Crippen LogP contribution < -0.4 is 10.5 Å². The number of hydrogen-bond acceptors (Lipinski definition) is 9. The lowest BCUT2D eigenvalue weighted by Gasteiger charge is -2.39. The van der Waals surface area contributed by atoms with Crippen molar-refractivity contribution in [3.05, 3.63) is 86.4 Å². The first-order valence-electron chi connectivity index (χ1n) is 21.5. The molecule has 3 fully saturated rings. The summed E-state index contributed by atoms with van der Waals surface area (Å²) in [6, 6.07) is 11.1. The van der Waals surface area contributed by atoms with E-state index in [-0.39, 0.29) is 29.6 Å². The zero-order valence-electron chi connectivity index (χ0n) is 35.1. The lowest BCUT2D eigenvalue weighted by molar-refractivity contribution is -0.148. The van der Waals surface area contributed by atoms with Gasteiger partial charge in [0.05, 0.1) is 32.5 Å². The van der Waals surface area contributed by atoms with Gasteiger partial charge in [-0.2, -0.15) is 12.7 Å². The summed E-state index contributed by atoms with van der Waals surface area (Å²) in [5, 5.41) is 18.9. The van der Waals surface area contributed by atoms with Crippen LogP contribution in [0, 0.1) is 10.8 Å². The van der Waals surface area contributed by atoms with Crippen molar-refractivity contribution in [2.24, 2.45) is 30.1 Å². The summed E-state index contributed by atoms with van der Waals surface area (Å²) in [7, 11) is 0.0325. The van der Waals surface area contributed by atoms with Gasteiger partial charge in [-0.3, -0.25) is 24.2 Å². The summed E-state index contributed by atoms with van der Waals surface area (Å²) in [5.74, 6) is -0.532. The Kier molecular flexibility index (Phi) is 11.4. The normalized spacial score (nSPS) is 23.4. The van der Waals surface area contributed by atoms with Crippen molar-refractivity contribution in [2.75, 3.05) is 38.0 Å². The minimum atomic E-state index is -3.70. The number of halogens is 2. The van der Waals surface area contributed by atoms with Gasteiger partial charge in [-0.05, 0) is 75.0 Å². The van der Waals surface area contributed by atoms with Gasteiger partial charge in [0.1, 0.15) is 0 Å².